The molecule has 2 nitrogen and oxygen atoms in total. The molecule has 0 aromatic rings. The number of rotatable bonds is 2. The highest BCUT2D eigenvalue weighted by Gasteiger charge is 2.33. The zero-order valence-corrected chi connectivity index (χ0v) is 9.02. The van der Waals surface area contributed by atoms with E-state index in [4.69, 9.17) is 0 Å². The van der Waals surface area contributed by atoms with Gasteiger partial charge in [0.1, 0.15) is 16.1 Å². The number of hydrogen-bond donors (Lipinski definition) is 0. The van der Waals surface area contributed by atoms with E-state index in [0.717, 1.165) is 5.92 Å². The van der Waals surface area contributed by atoms with Crippen LogP contribution in [0.5, 0.6) is 0 Å². The Morgan fingerprint density at radius 1 is 1.50 bits per heavy atom. The van der Waals surface area contributed by atoms with E-state index >= 15 is 0 Å². The molecule has 1 saturated carbocycles. The third-order valence-corrected chi connectivity index (χ3v) is 3.40. The van der Waals surface area contributed by atoms with Gasteiger partial charge in [0.2, 0.25) is 0 Å². The van der Waals surface area contributed by atoms with Crippen LogP contribution in [-0.2, 0) is 11.4 Å². The lowest BCUT2D eigenvalue weighted by molar-refractivity contribution is 0.561. The van der Waals surface area contributed by atoms with Crippen LogP contribution in [0.4, 0.5) is 0 Å². The van der Waals surface area contributed by atoms with Gasteiger partial charge in [-0.05, 0) is 33.1 Å². The van der Waals surface area contributed by atoms with Gasteiger partial charge in [0, 0.05) is 5.92 Å². The fourth-order valence-electron chi connectivity index (χ4n) is 0.850. The zero-order valence-electron chi connectivity index (χ0n) is 8.20. The Morgan fingerprint density at radius 2 is 2.00 bits per heavy atom. The van der Waals surface area contributed by atoms with Gasteiger partial charge < -0.3 is 4.55 Å². The van der Waals surface area contributed by atoms with Crippen molar-refractivity contribution in [2.24, 2.45) is 16.2 Å². The van der Waals surface area contributed by atoms with Crippen LogP contribution in [-0.4, -0.2) is 15.5 Å². The molecule has 1 fully saturated rings. The van der Waals surface area contributed by atoms with Crippen LogP contribution in [0, 0.1) is 11.8 Å². The summed E-state index contributed by atoms with van der Waals surface area (Å²) in [4.78, 5) is 0. The molecule has 0 saturated heterocycles. The normalized spacial score (nSPS) is 32.4. The molecule has 0 radical (unpaired) electrons. The van der Waals surface area contributed by atoms with Crippen molar-refractivity contribution in [3.8, 4) is 0 Å². The van der Waals surface area contributed by atoms with Gasteiger partial charge in [-0.1, -0.05) is 11.3 Å². The summed E-state index contributed by atoms with van der Waals surface area (Å²) in [6, 6.07) is 0. The second-order valence-corrected chi connectivity index (χ2v) is 6.43. The summed E-state index contributed by atoms with van der Waals surface area (Å²) in [6.45, 7) is 8.01. The van der Waals surface area contributed by atoms with Crippen molar-refractivity contribution in [2.45, 2.75) is 38.9 Å². The summed E-state index contributed by atoms with van der Waals surface area (Å²) in [7, 11) is 0. The number of hydrogen-bond acceptors (Lipinski definition) is 2. The molecule has 1 aliphatic carbocycles. The first kappa shape index (κ1) is 10.1. The molecule has 0 aliphatic heterocycles. The Kier molecular flexibility index (Phi) is 2.84. The van der Waals surface area contributed by atoms with Crippen molar-refractivity contribution in [1.29, 1.82) is 0 Å². The van der Waals surface area contributed by atoms with Crippen molar-refractivity contribution in [2.75, 3.05) is 0 Å². The van der Waals surface area contributed by atoms with Gasteiger partial charge in [-0.3, -0.25) is 0 Å². The summed E-state index contributed by atoms with van der Waals surface area (Å²) in [5.41, 5.74) is 0. The largest absolute Gasteiger partial charge is 0.591 e. The van der Waals surface area contributed by atoms with Crippen LogP contribution < -0.4 is 0 Å². The van der Waals surface area contributed by atoms with Crippen molar-refractivity contribution < 1.29 is 4.55 Å². The minimum absolute atomic E-state index is 0.214. The van der Waals surface area contributed by atoms with Gasteiger partial charge in [-0.15, -0.1) is 0 Å². The molecular weight excluding hydrogens is 170 g/mol. The topological polar surface area (TPSA) is 35.4 Å². The summed E-state index contributed by atoms with van der Waals surface area (Å²) in [5.74, 6) is 1.35. The summed E-state index contributed by atoms with van der Waals surface area (Å²) in [5, 5.41) is 0. The van der Waals surface area contributed by atoms with Gasteiger partial charge >= 0.3 is 0 Å². The van der Waals surface area contributed by atoms with Crippen molar-refractivity contribution in [1.82, 2.24) is 0 Å². The first-order valence-electron chi connectivity index (χ1n) is 4.37. The van der Waals surface area contributed by atoms with Gasteiger partial charge in [0.05, 0.1) is 6.21 Å². The summed E-state index contributed by atoms with van der Waals surface area (Å²) < 4.78 is 15.3. The first-order chi connectivity index (χ1) is 5.41. The molecule has 3 atom stereocenters. The van der Waals surface area contributed by atoms with E-state index < -0.39 is 11.4 Å². The van der Waals surface area contributed by atoms with Gasteiger partial charge in [-0.2, -0.15) is 0 Å². The molecule has 0 N–H and O–H groups in total. The van der Waals surface area contributed by atoms with E-state index in [1.165, 1.54) is 6.42 Å². The quantitative estimate of drug-likeness (QED) is 0.482. The minimum atomic E-state index is -1.06. The van der Waals surface area contributed by atoms with E-state index in [9.17, 15) is 4.55 Å². The van der Waals surface area contributed by atoms with Gasteiger partial charge in [0.25, 0.3) is 0 Å². The molecule has 0 spiro atoms. The van der Waals surface area contributed by atoms with E-state index in [1.54, 1.807) is 0 Å². The second-order valence-electron chi connectivity index (χ2n) is 4.49. The zero-order chi connectivity index (χ0) is 9.35. The Balaban J connectivity index is 2.35. The molecule has 1 rings (SSSR count). The molecule has 70 valence electrons. The molecule has 3 heteroatoms. The highest BCUT2D eigenvalue weighted by Crippen LogP contribution is 2.36. The summed E-state index contributed by atoms with van der Waals surface area (Å²) >= 11 is -1.06. The Bertz CT molecular complexity index is 185. The lowest BCUT2D eigenvalue weighted by Crippen LogP contribution is -2.25. The maximum absolute atomic E-state index is 11.4. The Hall–Kier alpha value is -0.0200. The smallest absolute Gasteiger partial charge is 0.144 e. The second kappa shape index (κ2) is 3.38. The van der Waals surface area contributed by atoms with E-state index in [-0.39, 0.29) is 4.75 Å². The van der Waals surface area contributed by atoms with Crippen LogP contribution in [0.3, 0.4) is 0 Å². The van der Waals surface area contributed by atoms with Crippen LogP contribution >= 0.6 is 0 Å². The maximum atomic E-state index is 11.4. The average molecular weight is 187 g/mol. The van der Waals surface area contributed by atoms with E-state index in [1.807, 2.05) is 27.0 Å². The highest BCUT2D eigenvalue weighted by molar-refractivity contribution is 7.91. The average Bonchev–Trinajstić information content (AvgIpc) is 2.59. The summed E-state index contributed by atoms with van der Waals surface area (Å²) in [6.07, 6.45) is 3.08. The predicted octanol–water partition coefficient (Wildman–Crippen LogP) is 2.18. The Labute approximate surface area is 77.8 Å². The van der Waals surface area contributed by atoms with Crippen molar-refractivity contribution >= 4 is 17.6 Å². The molecule has 0 amide bonds. The third-order valence-electron chi connectivity index (χ3n) is 2.04. The van der Waals surface area contributed by atoms with E-state index in [0.29, 0.717) is 5.92 Å². The first-order valence-corrected chi connectivity index (χ1v) is 5.48. The monoisotopic (exact) mass is 187 g/mol. The van der Waals surface area contributed by atoms with Gasteiger partial charge in [-0.25, -0.2) is 0 Å². The lowest BCUT2D eigenvalue weighted by Gasteiger charge is -2.17. The molecule has 0 aromatic carbocycles. The fourth-order valence-corrected chi connectivity index (χ4v) is 1.43. The predicted molar refractivity (Wildman–Crippen MR) is 53.7 cm³/mol. The molecule has 0 heterocycles. The van der Waals surface area contributed by atoms with Crippen molar-refractivity contribution in [3.63, 3.8) is 0 Å². The van der Waals surface area contributed by atoms with Gasteiger partial charge in [0.15, 0.2) is 0 Å². The molecule has 12 heavy (non-hydrogen) atoms. The highest BCUT2D eigenvalue weighted by atomic mass is 32.2. The standard InChI is InChI=1S/C9H17NOS/c1-7-5-8(7)6-10-12(11)9(2,3)4/h6-8H,5H2,1-4H3/b10-6+/t7-,8+,12?/m0/s1. The molecule has 0 bridgehead atoms. The minimum Gasteiger partial charge on any atom is -0.591 e. The molecule has 1 unspecified atom stereocenters. The lowest BCUT2D eigenvalue weighted by atomic mass is 10.3. The molecular formula is C9H17NOS. The maximum Gasteiger partial charge on any atom is 0.144 e. The molecule has 0 aromatic heterocycles. The SMILES string of the molecule is C[C@H]1C[C@@H]1/C=N/[S+]([O-])C(C)(C)C. The van der Waals surface area contributed by atoms with Crippen LogP contribution in [0.1, 0.15) is 34.1 Å². The van der Waals surface area contributed by atoms with E-state index in [2.05, 4.69) is 11.3 Å². The molecule has 1 aliphatic rings. The van der Waals surface area contributed by atoms with Crippen LogP contribution in [0.25, 0.3) is 0 Å². The fraction of sp³-hybridized carbons (Fsp3) is 0.889. The van der Waals surface area contributed by atoms with Crippen molar-refractivity contribution in [3.05, 3.63) is 0 Å². The Morgan fingerprint density at radius 3 is 2.33 bits per heavy atom. The van der Waals surface area contributed by atoms with Crippen LogP contribution in [0.2, 0.25) is 0 Å². The van der Waals surface area contributed by atoms with Crippen LogP contribution in [0.15, 0.2) is 4.40 Å². The third kappa shape index (κ3) is 2.79. The number of nitrogens with zero attached hydrogens (tertiary/aromatic N) is 1.